The molecule has 3 saturated heterocycles. The van der Waals surface area contributed by atoms with Crippen LogP contribution < -0.4 is 10.6 Å². The third-order valence-electron chi connectivity index (χ3n) is 8.96. The molecule has 3 fully saturated rings. The number of hydrogen-bond donors (Lipinski definition) is 1. The Kier molecular flexibility index (Phi) is 7.78. The number of amides is 2. The number of ether oxygens (including phenoxy) is 1. The van der Waals surface area contributed by atoms with Crippen molar-refractivity contribution in [3.63, 3.8) is 0 Å². The van der Waals surface area contributed by atoms with Crippen LogP contribution in [0.3, 0.4) is 0 Å². The van der Waals surface area contributed by atoms with Crippen LogP contribution in [-0.4, -0.2) is 81.6 Å². The average molecular weight is 578 g/mol. The fraction of sp³-hybridized carbons (Fsp3) is 0.567. The number of piperidine rings is 1. The Labute approximate surface area is 245 Å². The molecule has 0 radical (unpaired) electrons. The van der Waals surface area contributed by atoms with Gasteiger partial charge in [0, 0.05) is 50.0 Å². The smallest absolute Gasteiger partial charge is 0.245 e. The predicted octanol–water partition coefficient (Wildman–Crippen LogP) is 2.50. The van der Waals surface area contributed by atoms with Crippen molar-refractivity contribution < 1.29 is 14.3 Å². The standard InChI is InChI=1S/C30H39N7O3S/c1-4-41-27-11-21(30(16-40-17-30)12-26-34-32-18-35(26)3)10-25(33-27)37-15-24-22(28(31)38)8-20(9-23(24)29(37)39)14-36-7-5-6-19(2)13-36/h8-11,18-19,23-24H,4-7,12-17H2,1-3H3,(H2,31,38)/t19-,23?,24?/m0/s1. The largest absolute Gasteiger partial charge is 0.379 e. The van der Waals surface area contributed by atoms with E-state index in [0.717, 1.165) is 47.4 Å². The second-order valence-electron chi connectivity index (χ2n) is 12.1. The van der Waals surface area contributed by atoms with Crippen LogP contribution in [0.25, 0.3) is 0 Å². The van der Waals surface area contributed by atoms with Crippen LogP contribution in [0.2, 0.25) is 0 Å². The highest BCUT2D eigenvalue weighted by Crippen LogP contribution is 2.42. The number of fused-ring (bicyclic) bond motifs is 1. The van der Waals surface area contributed by atoms with Gasteiger partial charge in [-0.25, -0.2) is 4.98 Å². The van der Waals surface area contributed by atoms with Gasteiger partial charge in [-0.05, 0) is 60.4 Å². The third-order valence-corrected chi connectivity index (χ3v) is 9.75. The first-order valence-corrected chi connectivity index (χ1v) is 15.6. The second kappa shape index (κ2) is 11.3. The number of aromatic nitrogens is 4. The summed E-state index contributed by atoms with van der Waals surface area (Å²) in [5.41, 5.74) is 8.25. The van der Waals surface area contributed by atoms with Crippen LogP contribution >= 0.6 is 11.8 Å². The van der Waals surface area contributed by atoms with Gasteiger partial charge < -0.3 is 15.0 Å². The zero-order chi connectivity index (χ0) is 28.7. The van der Waals surface area contributed by atoms with Gasteiger partial charge in [-0.1, -0.05) is 19.9 Å². The maximum Gasteiger partial charge on any atom is 0.245 e. The topological polar surface area (TPSA) is 119 Å². The van der Waals surface area contributed by atoms with Crippen molar-refractivity contribution >= 4 is 29.4 Å². The molecule has 0 saturated carbocycles. The van der Waals surface area contributed by atoms with Crippen LogP contribution in [0.4, 0.5) is 5.82 Å². The molecule has 218 valence electrons. The molecule has 2 unspecified atom stereocenters. The number of anilines is 1. The molecule has 0 spiro atoms. The van der Waals surface area contributed by atoms with E-state index < -0.39 is 11.8 Å². The molecule has 0 bridgehead atoms. The second-order valence-corrected chi connectivity index (χ2v) is 13.3. The van der Waals surface area contributed by atoms with Gasteiger partial charge in [-0.2, -0.15) is 0 Å². The van der Waals surface area contributed by atoms with E-state index in [1.165, 1.54) is 12.8 Å². The Morgan fingerprint density at radius 3 is 2.76 bits per heavy atom. The van der Waals surface area contributed by atoms with Crippen molar-refractivity contribution in [1.82, 2.24) is 24.6 Å². The molecule has 0 aromatic carbocycles. The van der Waals surface area contributed by atoms with Gasteiger partial charge in [0.1, 0.15) is 18.0 Å². The summed E-state index contributed by atoms with van der Waals surface area (Å²) in [6.07, 6.45) is 8.80. The number of nitrogens with two attached hydrogens (primary N) is 1. The molecular formula is C30H39N7O3S. The van der Waals surface area contributed by atoms with Crippen molar-refractivity contribution in [3.05, 3.63) is 53.1 Å². The van der Waals surface area contributed by atoms with Crippen LogP contribution in [-0.2, 0) is 33.2 Å². The molecule has 2 aromatic rings. The Bertz CT molecular complexity index is 1400. The highest BCUT2D eigenvalue weighted by molar-refractivity contribution is 7.99. The normalized spacial score (nSPS) is 25.9. The number of carbonyl (C=O) groups excluding carboxylic acids is 2. The quantitative estimate of drug-likeness (QED) is 0.452. The van der Waals surface area contributed by atoms with E-state index in [-0.39, 0.29) is 17.2 Å². The van der Waals surface area contributed by atoms with Crippen molar-refractivity contribution in [2.45, 2.75) is 43.6 Å². The number of rotatable bonds is 9. The van der Waals surface area contributed by atoms with Crippen LogP contribution in [0.1, 0.15) is 38.1 Å². The molecule has 11 heteroatoms. The van der Waals surface area contributed by atoms with Crippen LogP contribution in [0.15, 0.2) is 46.8 Å². The van der Waals surface area contributed by atoms with Gasteiger partial charge in [0.15, 0.2) is 0 Å². The van der Waals surface area contributed by atoms with Crippen molar-refractivity contribution in [3.8, 4) is 0 Å². The lowest BCUT2D eigenvalue weighted by Gasteiger charge is -2.42. The summed E-state index contributed by atoms with van der Waals surface area (Å²) < 4.78 is 7.67. The molecule has 4 aliphatic rings. The summed E-state index contributed by atoms with van der Waals surface area (Å²) >= 11 is 1.65. The fourth-order valence-corrected chi connectivity index (χ4v) is 7.37. The predicted molar refractivity (Wildman–Crippen MR) is 157 cm³/mol. The van der Waals surface area contributed by atoms with Crippen molar-refractivity contribution in [1.29, 1.82) is 0 Å². The average Bonchev–Trinajstić information content (AvgIpc) is 3.48. The minimum atomic E-state index is -0.453. The molecule has 2 N–H and O–H groups in total. The summed E-state index contributed by atoms with van der Waals surface area (Å²) in [5, 5.41) is 9.24. The molecule has 1 aliphatic carbocycles. The zero-order valence-corrected chi connectivity index (χ0v) is 24.9. The minimum absolute atomic E-state index is 0.0318. The maximum atomic E-state index is 14.0. The molecule has 3 aliphatic heterocycles. The first-order valence-electron chi connectivity index (χ1n) is 14.6. The van der Waals surface area contributed by atoms with Gasteiger partial charge >= 0.3 is 0 Å². The minimum Gasteiger partial charge on any atom is -0.379 e. The number of aryl methyl sites for hydroxylation is 1. The fourth-order valence-electron chi connectivity index (χ4n) is 6.71. The van der Waals surface area contributed by atoms with Gasteiger partial charge in [0.2, 0.25) is 11.8 Å². The number of hydrogen-bond acceptors (Lipinski definition) is 8. The lowest BCUT2D eigenvalue weighted by molar-refractivity contribution is -0.119. The summed E-state index contributed by atoms with van der Waals surface area (Å²) in [7, 11) is 1.95. The van der Waals surface area contributed by atoms with Crippen molar-refractivity contribution in [2.24, 2.45) is 30.5 Å². The van der Waals surface area contributed by atoms with E-state index in [1.807, 2.05) is 23.8 Å². The Morgan fingerprint density at radius 1 is 1.27 bits per heavy atom. The molecule has 6 rings (SSSR count). The zero-order valence-electron chi connectivity index (χ0n) is 24.1. The number of nitrogens with zero attached hydrogens (tertiary/aromatic N) is 6. The van der Waals surface area contributed by atoms with E-state index in [2.05, 4.69) is 41.1 Å². The molecular weight excluding hydrogens is 538 g/mol. The summed E-state index contributed by atoms with van der Waals surface area (Å²) in [6.45, 7) is 8.66. The molecule has 5 heterocycles. The van der Waals surface area contributed by atoms with Gasteiger partial charge in [-0.3, -0.25) is 19.4 Å². The Morgan fingerprint density at radius 2 is 2.10 bits per heavy atom. The monoisotopic (exact) mass is 577 g/mol. The molecule has 41 heavy (non-hydrogen) atoms. The van der Waals surface area contributed by atoms with Gasteiger partial charge in [0.05, 0.1) is 24.2 Å². The van der Waals surface area contributed by atoms with Crippen LogP contribution in [0, 0.1) is 17.8 Å². The molecule has 2 aromatic heterocycles. The summed E-state index contributed by atoms with van der Waals surface area (Å²) in [4.78, 5) is 35.7. The van der Waals surface area contributed by atoms with E-state index in [1.54, 1.807) is 23.0 Å². The maximum absolute atomic E-state index is 14.0. The highest BCUT2D eigenvalue weighted by Gasteiger charge is 2.47. The number of thioether (sulfide) groups is 1. The van der Waals surface area contributed by atoms with E-state index in [0.29, 0.717) is 43.5 Å². The van der Waals surface area contributed by atoms with Gasteiger partial charge in [0.25, 0.3) is 0 Å². The van der Waals surface area contributed by atoms with E-state index in [4.69, 9.17) is 15.5 Å². The van der Waals surface area contributed by atoms with E-state index in [9.17, 15) is 9.59 Å². The summed E-state index contributed by atoms with van der Waals surface area (Å²) in [6, 6.07) is 4.15. The number of carbonyl (C=O) groups is 2. The Balaban J connectivity index is 1.31. The van der Waals surface area contributed by atoms with Crippen molar-refractivity contribution in [2.75, 3.05) is 50.0 Å². The lowest BCUT2D eigenvalue weighted by Crippen LogP contribution is -2.49. The number of likely N-dealkylation sites (tertiary alicyclic amines) is 1. The third kappa shape index (κ3) is 5.47. The number of primary amides is 1. The summed E-state index contributed by atoms with van der Waals surface area (Å²) in [5.74, 6) is 1.82. The van der Waals surface area contributed by atoms with Crippen LogP contribution in [0.5, 0.6) is 0 Å². The van der Waals surface area contributed by atoms with Gasteiger partial charge in [-0.15, -0.1) is 22.0 Å². The highest BCUT2D eigenvalue weighted by atomic mass is 32.2. The first-order chi connectivity index (χ1) is 19.8. The molecule has 2 amide bonds. The van der Waals surface area contributed by atoms with E-state index >= 15 is 0 Å². The molecule has 10 nitrogen and oxygen atoms in total. The first kappa shape index (κ1) is 28.1. The number of pyridine rings is 1. The molecule has 3 atom stereocenters. The lowest BCUT2D eigenvalue weighted by atomic mass is 9.76. The SMILES string of the molecule is CCSc1cc(C2(Cc3nncn3C)COC2)cc(N2CC3C(C(N)=O)=CC(CN4CCC[C@H](C)C4)=CC3C2=O)n1. The Hall–Kier alpha value is -3.02.